The summed E-state index contributed by atoms with van der Waals surface area (Å²) in [5.74, 6) is 1.09. The summed E-state index contributed by atoms with van der Waals surface area (Å²) in [6, 6.07) is 4.28. The van der Waals surface area contributed by atoms with Crippen LogP contribution in [0.2, 0.25) is 0 Å². The number of aliphatic hydroxyl groups is 1. The minimum atomic E-state index is -0.654. The van der Waals surface area contributed by atoms with Gasteiger partial charge in [0.1, 0.15) is 5.82 Å². The van der Waals surface area contributed by atoms with Crippen molar-refractivity contribution in [3.63, 3.8) is 0 Å². The third-order valence-electron chi connectivity index (χ3n) is 3.70. The van der Waals surface area contributed by atoms with E-state index in [0.717, 1.165) is 32.0 Å². The molecule has 0 amide bonds. The van der Waals surface area contributed by atoms with Gasteiger partial charge in [-0.25, -0.2) is 4.98 Å². The summed E-state index contributed by atoms with van der Waals surface area (Å²) in [5.41, 5.74) is 0.554. The quantitative estimate of drug-likeness (QED) is 0.866. The Morgan fingerprint density at radius 3 is 2.50 bits per heavy atom. The number of hydrogen-bond acceptors (Lipinski definition) is 4. The summed E-state index contributed by atoms with van der Waals surface area (Å²) >= 11 is 0. The first-order valence-corrected chi connectivity index (χ1v) is 7.62. The van der Waals surface area contributed by atoms with Crippen LogP contribution in [0.1, 0.15) is 39.2 Å². The Kier molecular flexibility index (Phi) is 5.00. The molecule has 2 heterocycles. The highest BCUT2D eigenvalue weighted by atomic mass is 16.3. The van der Waals surface area contributed by atoms with Gasteiger partial charge >= 0.3 is 0 Å². The maximum absolute atomic E-state index is 9.92. The van der Waals surface area contributed by atoms with Crippen molar-refractivity contribution in [3.05, 3.63) is 23.9 Å². The summed E-state index contributed by atoms with van der Waals surface area (Å²) in [5, 5.41) is 9.92. The van der Waals surface area contributed by atoms with E-state index in [-0.39, 0.29) is 0 Å². The molecular weight excluding hydrogens is 250 g/mol. The van der Waals surface area contributed by atoms with E-state index in [0.29, 0.717) is 6.54 Å². The molecule has 1 aromatic heterocycles. The van der Waals surface area contributed by atoms with Gasteiger partial charge in [-0.1, -0.05) is 13.0 Å². The van der Waals surface area contributed by atoms with Crippen molar-refractivity contribution >= 4 is 5.82 Å². The third-order valence-corrected chi connectivity index (χ3v) is 3.70. The van der Waals surface area contributed by atoms with Gasteiger partial charge in [-0.3, -0.25) is 4.90 Å². The number of likely N-dealkylation sites (N-methyl/N-ethyl adjacent to an activating group) is 1. The van der Waals surface area contributed by atoms with Gasteiger partial charge in [0.25, 0.3) is 0 Å². The summed E-state index contributed by atoms with van der Waals surface area (Å²) in [6.07, 6.45) is 4.53. The van der Waals surface area contributed by atoms with E-state index in [1.54, 1.807) is 0 Å². The largest absolute Gasteiger partial charge is 0.389 e. The maximum atomic E-state index is 9.92. The van der Waals surface area contributed by atoms with Crippen LogP contribution >= 0.6 is 0 Å². The molecule has 1 saturated heterocycles. The van der Waals surface area contributed by atoms with E-state index in [1.165, 1.54) is 18.4 Å². The first-order valence-electron chi connectivity index (χ1n) is 7.62. The molecule has 0 aromatic carbocycles. The molecule has 0 saturated carbocycles. The highest BCUT2D eigenvalue weighted by molar-refractivity contribution is 5.40. The second kappa shape index (κ2) is 6.55. The van der Waals surface area contributed by atoms with Crippen LogP contribution in [-0.2, 0) is 6.54 Å². The Morgan fingerprint density at radius 1 is 1.30 bits per heavy atom. The fraction of sp³-hybridized carbons (Fsp3) is 0.688. The third kappa shape index (κ3) is 4.46. The molecule has 0 radical (unpaired) electrons. The lowest BCUT2D eigenvalue weighted by Gasteiger charge is -2.28. The van der Waals surface area contributed by atoms with Crippen molar-refractivity contribution in [3.8, 4) is 0 Å². The summed E-state index contributed by atoms with van der Waals surface area (Å²) in [6.45, 7) is 10.5. The summed E-state index contributed by atoms with van der Waals surface area (Å²) in [7, 11) is 0. The Hall–Kier alpha value is -1.13. The lowest BCUT2D eigenvalue weighted by atomic mass is 10.1. The molecule has 0 unspecified atom stereocenters. The molecule has 20 heavy (non-hydrogen) atoms. The van der Waals surface area contributed by atoms with E-state index in [2.05, 4.69) is 33.8 Å². The summed E-state index contributed by atoms with van der Waals surface area (Å²) < 4.78 is 0. The van der Waals surface area contributed by atoms with Crippen LogP contribution in [-0.4, -0.2) is 46.8 Å². The van der Waals surface area contributed by atoms with Crippen LogP contribution in [0.3, 0.4) is 0 Å². The molecule has 4 heteroatoms. The first kappa shape index (κ1) is 15.3. The molecule has 2 rings (SSSR count). The van der Waals surface area contributed by atoms with Crippen molar-refractivity contribution in [2.24, 2.45) is 0 Å². The van der Waals surface area contributed by atoms with Gasteiger partial charge in [0.15, 0.2) is 0 Å². The van der Waals surface area contributed by atoms with E-state index >= 15 is 0 Å². The molecule has 1 aromatic rings. The number of pyridine rings is 1. The normalized spacial score (nSPS) is 16.1. The van der Waals surface area contributed by atoms with Gasteiger partial charge in [0.05, 0.1) is 5.60 Å². The molecule has 112 valence electrons. The van der Waals surface area contributed by atoms with E-state index in [1.807, 2.05) is 20.0 Å². The van der Waals surface area contributed by atoms with Crippen LogP contribution in [0.25, 0.3) is 0 Å². The van der Waals surface area contributed by atoms with Crippen LogP contribution < -0.4 is 4.90 Å². The zero-order valence-corrected chi connectivity index (χ0v) is 13.0. The molecule has 0 bridgehead atoms. The van der Waals surface area contributed by atoms with Gasteiger partial charge in [-0.2, -0.15) is 0 Å². The van der Waals surface area contributed by atoms with E-state index < -0.39 is 5.60 Å². The zero-order valence-electron chi connectivity index (χ0n) is 13.0. The number of hydrogen-bond donors (Lipinski definition) is 1. The Labute approximate surface area is 122 Å². The van der Waals surface area contributed by atoms with Crippen LogP contribution in [0, 0.1) is 0 Å². The topological polar surface area (TPSA) is 39.6 Å². The summed E-state index contributed by atoms with van der Waals surface area (Å²) in [4.78, 5) is 9.17. The lowest BCUT2D eigenvalue weighted by Crippen LogP contribution is -2.38. The average Bonchev–Trinajstić information content (AvgIpc) is 2.91. The maximum Gasteiger partial charge on any atom is 0.128 e. The molecule has 1 aliphatic rings. The Morgan fingerprint density at radius 2 is 2.00 bits per heavy atom. The number of aromatic nitrogens is 1. The van der Waals surface area contributed by atoms with Crippen molar-refractivity contribution in [2.75, 3.05) is 31.1 Å². The second-order valence-electron chi connectivity index (χ2n) is 6.33. The Balaban J connectivity index is 1.95. The highest BCUT2D eigenvalue weighted by Crippen LogP contribution is 2.18. The van der Waals surface area contributed by atoms with Gasteiger partial charge in [0, 0.05) is 32.4 Å². The molecular formula is C16H27N3O. The predicted octanol–water partition coefficient (Wildman–Crippen LogP) is 2.27. The standard InChI is InChI=1S/C16H27N3O/c1-4-18(13-16(2,3)20)12-14-7-8-15(17-11-14)19-9-5-6-10-19/h7-8,11,20H,4-6,9-10,12-13H2,1-3H3. The average molecular weight is 277 g/mol. The molecule has 1 N–H and O–H groups in total. The van der Waals surface area contributed by atoms with E-state index in [4.69, 9.17) is 0 Å². The number of rotatable bonds is 6. The monoisotopic (exact) mass is 277 g/mol. The van der Waals surface area contributed by atoms with Crippen LogP contribution in [0.15, 0.2) is 18.3 Å². The molecule has 0 aliphatic carbocycles. The fourth-order valence-electron chi connectivity index (χ4n) is 2.73. The lowest BCUT2D eigenvalue weighted by molar-refractivity contribution is 0.0353. The minimum absolute atomic E-state index is 0.654. The second-order valence-corrected chi connectivity index (χ2v) is 6.33. The highest BCUT2D eigenvalue weighted by Gasteiger charge is 2.18. The smallest absolute Gasteiger partial charge is 0.128 e. The van der Waals surface area contributed by atoms with Crippen molar-refractivity contribution in [2.45, 2.75) is 45.8 Å². The molecule has 1 aliphatic heterocycles. The number of anilines is 1. The molecule has 0 spiro atoms. The predicted molar refractivity (Wildman–Crippen MR) is 82.9 cm³/mol. The number of nitrogens with zero attached hydrogens (tertiary/aromatic N) is 3. The Bertz CT molecular complexity index is 405. The van der Waals surface area contributed by atoms with Crippen molar-refractivity contribution in [1.82, 2.24) is 9.88 Å². The van der Waals surface area contributed by atoms with Crippen LogP contribution in [0.4, 0.5) is 5.82 Å². The SMILES string of the molecule is CCN(Cc1ccc(N2CCCC2)nc1)CC(C)(C)O. The van der Waals surface area contributed by atoms with Crippen molar-refractivity contribution < 1.29 is 5.11 Å². The molecule has 1 fully saturated rings. The first-order chi connectivity index (χ1) is 9.48. The fourth-order valence-corrected chi connectivity index (χ4v) is 2.73. The van der Waals surface area contributed by atoms with Gasteiger partial charge in [-0.15, -0.1) is 0 Å². The molecule has 0 atom stereocenters. The van der Waals surface area contributed by atoms with Crippen molar-refractivity contribution in [1.29, 1.82) is 0 Å². The van der Waals surface area contributed by atoms with Gasteiger partial charge < -0.3 is 10.0 Å². The van der Waals surface area contributed by atoms with Gasteiger partial charge in [0.2, 0.25) is 0 Å². The molecule has 4 nitrogen and oxygen atoms in total. The zero-order chi connectivity index (χ0) is 14.6. The minimum Gasteiger partial charge on any atom is -0.389 e. The van der Waals surface area contributed by atoms with Gasteiger partial charge in [-0.05, 0) is 44.9 Å². The van der Waals surface area contributed by atoms with E-state index in [9.17, 15) is 5.11 Å². The van der Waals surface area contributed by atoms with Crippen LogP contribution in [0.5, 0.6) is 0 Å².